The van der Waals surface area contributed by atoms with Crippen molar-refractivity contribution >= 4 is 15.9 Å². The molecule has 1 saturated heterocycles. The Balaban J connectivity index is 1.46. The molecule has 0 aliphatic carbocycles. The van der Waals surface area contributed by atoms with E-state index < -0.39 is 0 Å². The maximum Gasteiger partial charge on any atom is 0.134 e. The highest BCUT2D eigenvalue weighted by Gasteiger charge is 2.26. The minimum Gasteiger partial charge on any atom is -0.488 e. The summed E-state index contributed by atoms with van der Waals surface area (Å²) in [6.45, 7) is 9.02. The second kappa shape index (κ2) is 8.34. The van der Waals surface area contributed by atoms with Crippen molar-refractivity contribution in [1.29, 1.82) is 0 Å². The first-order chi connectivity index (χ1) is 13.1. The Labute approximate surface area is 170 Å². The molecule has 2 heterocycles. The predicted molar refractivity (Wildman–Crippen MR) is 112 cm³/mol. The fourth-order valence-electron chi connectivity index (χ4n) is 4.31. The van der Waals surface area contributed by atoms with Crippen molar-refractivity contribution in [1.82, 2.24) is 4.90 Å². The van der Waals surface area contributed by atoms with Crippen LogP contribution in [0.3, 0.4) is 0 Å². The van der Waals surface area contributed by atoms with Crippen LogP contribution in [-0.4, -0.2) is 30.7 Å². The highest BCUT2D eigenvalue weighted by atomic mass is 79.9. The van der Waals surface area contributed by atoms with E-state index >= 15 is 0 Å². The predicted octanol–water partition coefficient (Wildman–Crippen LogP) is 5.18. The summed E-state index contributed by atoms with van der Waals surface area (Å²) >= 11 is 3.60. The lowest BCUT2D eigenvalue weighted by molar-refractivity contribution is 0.0290. The molecular formula is C23H28BrNO2. The van der Waals surface area contributed by atoms with Crippen LogP contribution in [0, 0.1) is 13.8 Å². The van der Waals surface area contributed by atoms with E-state index in [1.807, 2.05) is 6.07 Å². The van der Waals surface area contributed by atoms with Crippen molar-refractivity contribution in [3.63, 3.8) is 0 Å². The number of ether oxygens (including phenoxy) is 2. The van der Waals surface area contributed by atoms with Crippen molar-refractivity contribution in [2.75, 3.05) is 19.8 Å². The fourth-order valence-corrected chi connectivity index (χ4v) is 4.92. The zero-order valence-corrected chi connectivity index (χ0v) is 17.8. The number of benzene rings is 2. The van der Waals surface area contributed by atoms with Crippen LogP contribution in [0.25, 0.3) is 0 Å². The van der Waals surface area contributed by atoms with Crippen LogP contribution in [0.4, 0.5) is 0 Å². The van der Waals surface area contributed by atoms with Gasteiger partial charge in [0.1, 0.15) is 12.4 Å². The van der Waals surface area contributed by atoms with E-state index in [2.05, 4.69) is 58.9 Å². The molecule has 4 heteroatoms. The number of hydrogen-bond acceptors (Lipinski definition) is 3. The summed E-state index contributed by atoms with van der Waals surface area (Å²) in [5.74, 6) is 0.906. The van der Waals surface area contributed by atoms with E-state index in [4.69, 9.17) is 9.47 Å². The molecule has 0 unspecified atom stereocenters. The molecular weight excluding hydrogens is 402 g/mol. The van der Waals surface area contributed by atoms with Crippen LogP contribution >= 0.6 is 15.9 Å². The van der Waals surface area contributed by atoms with E-state index in [1.54, 1.807) is 0 Å². The average Bonchev–Trinajstić information content (AvgIpc) is 2.69. The normalized spacial score (nSPS) is 18.3. The maximum absolute atomic E-state index is 6.09. The summed E-state index contributed by atoms with van der Waals surface area (Å²) < 4.78 is 12.6. The van der Waals surface area contributed by atoms with E-state index in [1.165, 1.54) is 40.7 Å². The van der Waals surface area contributed by atoms with Crippen LogP contribution in [0.5, 0.6) is 5.75 Å². The van der Waals surface area contributed by atoms with Gasteiger partial charge in [0.25, 0.3) is 0 Å². The van der Waals surface area contributed by atoms with Crippen molar-refractivity contribution in [3.05, 3.63) is 62.6 Å². The molecule has 4 rings (SSSR count). The van der Waals surface area contributed by atoms with Crippen molar-refractivity contribution < 1.29 is 9.47 Å². The first kappa shape index (κ1) is 19.0. The highest BCUT2D eigenvalue weighted by molar-refractivity contribution is 9.10. The van der Waals surface area contributed by atoms with E-state index in [0.29, 0.717) is 12.6 Å². The number of rotatable bonds is 4. The molecule has 0 saturated carbocycles. The van der Waals surface area contributed by atoms with Crippen molar-refractivity contribution in [2.45, 2.75) is 52.3 Å². The van der Waals surface area contributed by atoms with Crippen LogP contribution in [0.1, 0.15) is 40.7 Å². The Morgan fingerprint density at radius 3 is 2.74 bits per heavy atom. The lowest BCUT2D eigenvalue weighted by atomic mass is 9.90. The Morgan fingerprint density at radius 1 is 1.15 bits per heavy atom. The average molecular weight is 430 g/mol. The molecule has 0 aromatic heterocycles. The van der Waals surface area contributed by atoms with Gasteiger partial charge >= 0.3 is 0 Å². The molecule has 1 fully saturated rings. The summed E-state index contributed by atoms with van der Waals surface area (Å²) in [7, 11) is 0. The fraction of sp³-hybridized carbons (Fsp3) is 0.478. The minimum atomic E-state index is 0.616. The number of nitrogens with zero attached hydrogens (tertiary/aromatic N) is 1. The summed E-state index contributed by atoms with van der Waals surface area (Å²) in [4.78, 5) is 2.66. The molecule has 3 nitrogen and oxygen atoms in total. The van der Waals surface area contributed by atoms with E-state index in [9.17, 15) is 0 Å². The van der Waals surface area contributed by atoms with Gasteiger partial charge in [-0.05, 0) is 89.0 Å². The maximum atomic E-state index is 6.09. The second-order valence-electron chi connectivity index (χ2n) is 7.77. The lowest BCUT2D eigenvalue weighted by Crippen LogP contribution is -2.42. The summed E-state index contributed by atoms with van der Waals surface area (Å²) in [5.41, 5.74) is 6.95. The molecule has 27 heavy (non-hydrogen) atoms. The van der Waals surface area contributed by atoms with Crippen LogP contribution in [-0.2, 0) is 24.3 Å². The van der Waals surface area contributed by atoms with Gasteiger partial charge in [-0.3, -0.25) is 4.90 Å². The van der Waals surface area contributed by atoms with Crippen molar-refractivity contribution in [3.8, 4) is 5.75 Å². The summed E-state index contributed by atoms with van der Waals surface area (Å²) in [5, 5.41) is 0. The van der Waals surface area contributed by atoms with Gasteiger partial charge in [0.05, 0.1) is 4.47 Å². The first-order valence-corrected chi connectivity index (χ1v) is 10.7. The standard InChI is InChI=1S/C23H28BrNO2/c1-16-3-6-23(22(24)13-16)27-15-19-5-4-18-14-25(10-7-21(18)17(19)2)20-8-11-26-12-9-20/h3-6,13,20H,7-12,14-15H2,1-2H3. The quantitative estimate of drug-likeness (QED) is 0.667. The van der Waals surface area contributed by atoms with Gasteiger partial charge in [0.2, 0.25) is 0 Å². The third-order valence-corrected chi connectivity index (χ3v) is 6.63. The molecule has 2 aliphatic heterocycles. The molecule has 0 amide bonds. The second-order valence-corrected chi connectivity index (χ2v) is 8.63. The van der Waals surface area contributed by atoms with Gasteiger partial charge in [-0.1, -0.05) is 18.2 Å². The zero-order chi connectivity index (χ0) is 18.8. The summed E-state index contributed by atoms with van der Waals surface area (Å²) in [6, 6.07) is 11.5. The van der Waals surface area contributed by atoms with Gasteiger partial charge in [-0.25, -0.2) is 0 Å². The Bertz CT molecular complexity index is 814. The molecule has 2 aliphatic rings. The van der Waals surface area contributed by atoms with Gasteiger partial charge in [-0.15, -0.1) is 0 Å². The largest absolute Gasteiger partial charge is 0.488 e. The molecule has 2 aromatic rings. The number of halogens is 1. The van der Waals surface area contributed by atoms with Crippen LogP contribution in [0.15, 0.2) is 34.8 Å². The van der Waals surface area contributed by atoms with E-state index in [0.717, 1.165) is 42.9 Å². The molecule has 2 aromatic carbocycles. The highest BCUT2D eigenvalue weighted by Crippen LogP contribution is 2.30. The SMILES string of the molecule is Cc1ccc(OCc2ccc3c(c2C)CCN(C2CCOCC2)C3)c(Br)c1. The molecule has 0 radical (unpaired) electrons. The third kappa shape index (κ3) is 4.23. The van der Waals surface area contributed by atoms with Crippen molar-refractivity contribution in [2.24, 2.45) is 0 Å². The number of aryl methyl sites for hydroxylation is 1. The minimum absolute atomic E-state index is 0.616. The smallest absolute Gasteiger partial charge is 0.134 e. The van der Waals surface area contributed by atoms with Gasteiger partial charge in [0.15, 0.2) is 0 Å². The van der Waals surface area contributed by atoms with Gasteiger partial charge in [-0.2, -0.15) is 0 Å². The van der Waals surface area contributed by atoms with Gasteiger partial charge in [0, 0.05) is 32.3 Å². The first-order valence-electron chi connectivity index (χ1n) is 9.93. The molecule has 144 valence electrons. The molecule has 0 N–H and O–H groups in total. The van der Waals surface area contributed by atoms with Gasteiger partial charge < -0.3 is 9.47 Å². The molecule has 0 spiro atoms. The topological polar surface area (TPSA) is 21.7 Å². The third-order valence-electron chi connectivity index (χ3n) is 6.01. The molecule has 0 bridgehead atoms. The van der Waals surface area contributed by atoms with E-state index in [-0.39, 0.29) is 0 Å². The monoisotopic (exact) mass is 429 g/mol. The van der Waals surface area contributed by atoms with Crippen LogP contribution < -0.4 is 4.74 Å². The summed E-state index contributed by atoms with van der Waals surface area (Å²) in [6.07, 6.45) is 3.48. The molecule has 0 atom stereocenters. The lowest BCUT2D eigenvalue weighted by Gasteiger charge is -2.38. The van der Waals surface area contributed by atoms with Crippen LogP contribution in [0.2, 0.25) is 0 Å². The number of fused-ring (bicyclic) bond motifs is 1. The number of hydrogen-bond donors (Lipinski definition) is 0. The zero-order valence-electron chi connectivity index (χ0n) is 16.3. The Morgan fingerprint density at radius 2 is 1.96 bits per heavy atom. The Kier molecular flexibility index (Phi) is 5.86. The Hall–Kier alpha value is -1.36.